The Morgan fingerprint density at radius 3 is 2.60 bits per heavy atom. The molecule has 2 aromatic carbocycles. The van der Waals surface area contributed by atoms with Gasteiger partial charge in [-0.3, -0.25) is 14.9 Å². The molecule has 9 nitrogen and oxygen atoms in total. The average molecular weight is 410 g/mol. The summed E-state index contributed by atoms with van der Waals surface area (Å²) >= 11 is 0. The zero-order chi connectivity index (χ0) is 21.7. The zero-order valence-corrected chi connectivity index (χ0v) is 16.9. The minimum absolute atomic E-state index is 0.00287. The molecule has 1 aromatic heterocycles. The lowest BCUT2D eigenvalue weighted by Crippen LogP contribution is -2.39. The second-order valence-corrected chi connectivity index (χ2v) is 6.99. The Hall–Kier alpha value is -3.75. The lowest BCUT2D eigenvalue weighted by Gasteiger charge is -2.25. The fraction of sp³-hybridized carbons (Fsp3) is 0.286. The van der Waals surface area contributed by atoms with Gasteiger partial charge in [0.15, 0.2) is 6.61 Å². The molecule has 1 heterocycles. The Labute approximate surface area is 173 Å². The predicted molar refractivity (Wildman–Crippen MR) is 109 cm³/mol. The predicted octanol–water partition coefficient (Wildman–Crippen LogP) is 3.77. The van der Waals surface area contributed by atoms with Crippen molar-refractivity contribution in [2.24, 2.45) is 0 Å². The van der Waals surface area contributed by atoms with Gasteiger partial charge in [-0.15, -0.1) is 0 Å². The SMILES string of the molecule is Cc1cc(OCC(=O)N(Cc2nc(-c3ccccc3)no2)C(C)C)ccc1[N+](=O)[O-]. The first-order valence-corrected chi connectivity index (χ1v) is 9.40. The van der Waals surface area contributed by atoms with E-state index >= 15 is 0 Å². The van der Waals surface area contributed by atoms with Crippen molar-refractivity contribution in [1.29, 1.82) is 0 Å². The molecule has 0 bridgehead atoms. The molecule has 156 valence electrons. The molecule has 0 fully saturated rings. The van der Waals surface area contributed by atoms with E-state index in [0.717, 1.165) is 5.56 Å². The molecule has 0 atom stereocenters. The van der Waals surface area contributed by atoms with Crippen LogP contribution >= 0.6 is 0 Å². The van der Waals surface area contributed by atoms with Crippen molar-refractivity contribution >= 4 is 11.6 Å². The number of nitrogens with zero attached hydrogens (tertiary/aromatic N) is 4. The Bertz CT molecular complexity index is 1030. The van der Waals surface area contributed by atoms with Crippen molar-refractivity contribution < 1.29 is 19.0 Å². The molecule has 0 N–H and O–H groups in total. The van der Waals surface area contributed by atoms with Gasteiger partial charge in [0.2, 0.25) is 11.7 Å². The number of ether oxygens (including phenoxy) is 1. The first kappa shape index (κ1) is 21.0. The summed E-state index contributed by atoms with van der Waals surface area (Å²) in [4.78, 5) is 29.1. The van der Waals surface area contributed by atoms with Crippen LogP contribution in [0, 0.1) is 17.0 Å². The third kappa shape index (κ3) is 4.99. The van der Waals surface area contributed by atoms with Crippen LogP contribution in [0.3, 0.4) is 0 Å². The summed E-state index contributed by atoms with van der Waals surface area (Å²) in [5.74, 6) is 0.904. The van der Waals surface area contributed by atoms with Crippen LogP contribution in [0.2, 0.25) is 0 Å². The van der Waals surface area contributed by atoms with Gasteiger partial charge in [-0.05, 0) is 32.9 Å². The van der Waals surface area contributed by atoms with Gasteiger partial charge in [0.05, 0.1) is 4.92 Å². The topological polar surface area (TPSA) is 112 Å². The van der Waals surface area contributed by atoms with E-state index in [1.807, 2.05) is 44.2 Å². The highest BCUT2D eigenvalue weighted by molar-refractivity contribution is 5.78. The van der Waals surface area contributed by atoms with Crippen LogP contribution in [0.5, 0.6) is 5.75 Å². The normalized spacial score (nSPS) is 10.8. The maximum Gasteiger partial charge on any atom is 0.272 e. The monoisotopic (exact) mass is 410 g/mol. The molecule has 0 aliphatic heterocycles. The van der Waals surface area contributed by atoms with Crippen molar-refractivity contribution in [3.63, 3.8) is 0 Å². The van der Waals surface area contributed by atoms with Gasteiger partial charge >= 0.3 is 0 Å². The minimum Gasteiger partial charge on any atom is -0.484 e. The smallest absolute Gasteiger partial charge is 0.272 e. The van der Waals surface area contributed by atoms with Crippen molar-refractivity contribution in [2.45, 2.75) is 33.4 Å². The fourth-order valence-electron chi connectivity index (χ4n) is 2.88. The molecule has 30 heavy (non-hydrogen) atoms. The van der Waals surface area contributed by atoms with E-state index in [4.69, 9.17) is 9.26 Å². The molecule has 1 amide bonds. The summed E-state index contributed by atoms with van der Waals surface area (Å²) in [5.41, 5.74) is 1.29. The van der Waals surface area contributed by atoms with Gasteiger partial charge in [0.1, 0.15) is 12.3 Å². The highest BCUT2D eigenvalue weighted by Gasteiger charge is 2.21. The Morgan fingerprint density at radius 2 is 1.97 bits per heavy atom. The third-order valence-corrected chi connectivity index (χ3v) is 4.48. The van der Waals surface area contributed by atoms with Crippen molar-refractivity contribution in [3.05, 3.63) is 70.1 Å². The Morgan fingerprint density at radius 1 is 1.23 bits per heavy atom. The van der Waals surface area contributed by atoms with Gasteiger partial charge in [-0.25, -0.2) is 0 Å². The lowest BCUT2D eigenvalue weighted by atomic mass is 10.2. The Balaban J connectivity index is 1.65. The van der Waals surface area contributed by atoms with Crippen LogP contribution in [0.4, 0.5) is 5.69 Å². The lowest BCUT2D eigenvalue weighted by molar-refractivity contribution is -0.385. The van der Waals surface area contributed by atoms with E-state index in [2.05, 4.69) is 10.1 Å². The number of rotatable bonds is 8. The van der Waals surface area contributed by atoms with Crippen LogP contribution in [0.15, 0.2) is 53.1 Å². The van der Waals surface area contributed by atoms with Gasteiger partial charge in [-0.2, -0.15) is 4.98 Å². The van der Waals surface area contributed by atoms with Crippen LogP contribution in [0.25, 0.3) is 11.4 Å². The second-order valence-electron chi connectivity index (χ2n) is 6.99. The molecular formula is C21H22N4O5. The van der Waals surface area contributed by atoms with E-state index in [-0.39, 0.29) is 30.8 Å². The highest BCUT2D eigenvalue weighted by Crippen LogP contribution is 2.23. The number of nitro groups is 1. The van der Waals surface area contributed by atoms with Crippen molar-refractivity contribution in [2.75, 3.05) is 6.61 Å². The molecule has 3 aromatic rings. The molecular weight excluding hydrogens is 388 g/mol. The molecule has 0 saturated heterocycles. The number of hydrogen-bond acceptors (Lipinski definition) is 7. The largest absolute Gasteiger partial charge is 0.484 e. The summed E-state index contributed by atoms with van der Waals surface area (Å²) in [5, 5.41) is 14.9. The number of carbonyl (C=O) groups is 1. The zero-order valence-electron chi connectivity index (χ0n) is 16.9. The highest BCUT2D eigenvalue weighted by atomic mass is 16.6. The summed E-state index contributed by atoms with van der Waals surface area (Å²) in [7, 11) is 0. The van der Waals surface area contributed by atoms with E-state index in [9.17, 15) is 14.9 Å². The number of hydrogen-bond donors (Lipinski definition) is 0. The molecule has 0 spiro atoms. The van der Waals surface area contributed by atoms with Gasteiger partial charge in [-0.1, -0.05) is 35.5 Å². The number of benzene rings is 2. The first-order chi connectivity index (χ1) is 14.3. The number of aryl methyl sites for hydroxylation is 1. The van der Waals surface area contributed by atoms with Crippen molar-refractivity contribution in [1.82, 2.24) is 15.0 Å². The maximum atomic E-state index is 12.7. The molecule has 0 aliphatic rings. The molecule has 0 saturated carbocycles. The summed E-state index contributed by atoms with van der Waals surface area (Å²) < 4.78 is 10.9. The number of carbonyl (C=O) groups excluding carboxylic acids is 1. The maximum absolute atomic E-state index is 12.7. The third-order valence-electron chi connectivity index (χ3n) is 4.48. The molecule has 3 rings (SSSR count). The fourth-order valence-corrected chi connectivity index (χ4v) is 2.88. The van der Waals surface area contributed by atoms with Gasteiger partial charge < -0.3 is 14.2 Å². The number of aromatic nitrogens is 2. The Kier molecular flexibility index (Phi) is 6.41. The first-order valence-electron chi connectivity index (χ1n) is 9.40. The van der Waals surface area contributed by atoms with Crippen LogP contribution in [-0.4, -0.2) is 38.5 Å². The molecule has 0 radical (unpaired) electrons. The quantitative estimate of drug-likeness (QED) is 0.410. The van der Waals surface area contributed by atoms with E-state index in [0.29, 0.717) is 23.0 Å². The second kappa shape index (κ2) is 9.17. The summed E-state index contributed by atoms with van der Waals surface area (Å²) in [6.45, 7) is 5.31. The van der Waals surface area contributed by atoms with Gasteiger partial charge in [0.25, 0.3) is 11.6 Å². The van der Waals surface area contributed by atoms with Crippen LogP contribution < -0.4 is 4.74 Å². The van der Waals surface area contributed by atoms with Gasteiger partial charge in [0, 0.05) is 23.2 Å². The summed E-state index contributed by atoms with van der Waals surface area (Å²) in [6, 6.07) is 13.7. The van der Waals surface area contributed by atoms with E-state index in [1.54, 1.807) is 11.8 Å². The number of amides is 1. The standard InChI is InChI=1S/C21H22N4O5/c1-14(2)24(12-19-22-21(23-30-19)16-7-5-4-6-8-16)20(26)13-29-17-9-10-18(25(27)28)15(3)11-17/h4-11,14H,12-13H2,1-3H3. The van der Waals surface area contributed by atoms with E-state index in [1.165, 1.54) is 18.2 Å². The number of nitro benzene ring substituents is 1. The van der Waals surface area contributed by atoms with Crippen LogP contribution in [0.1, 0.15) is 25.3 Å². The minimum atomic E-state index is -0.459. The molecule has 0 unspecified atom stereocenters. The summed E-state index contributed by atoms with van der Waals surface area (Å²) in [6.07, 6.45) is 0. The van der Waals surface area contributed by atoms with Crippen LogP contribution in [-0.2, 0) is 11.3 Å². The molecule has 9 heteroatoms. The average Bonchev–Trinajstić information content (AvgIpc) is 3.19. The van der Waals surface area contributed by atoms with Crippen molar-refractivity contribution in [3.8, 4) is 17.1 Å². The van der Waals surface area contributed by atoms with E-state index < -0.39 is 4.92 Å². The molecule has 0 aliphatic carbocycles.